The summed E-state index contributed by atoms with van der Waals surface area (Å²) in [6.07, 6.45) is 4.26. The van der Waals surface area contributed by atoms with Crippen molar-refractivity contribution >= 4 is 11.9 Å². The number of imide groups is 1. The van der Waals surface area contributed by atoms with Crippen molar-refractivity contribution in [2.75, 3.05) is 7.11 Å². The third-order valence-electron chi connectivity index (χ3n) is 5.91. The molecule has 0 aromatic heterocycles. The summed E-state index contributed by atoms with van der Waals surface area (Å²) in [4.78, 5) is 24.7. The topological polar surface area (TPSA) is 87.7 Å². The zero-order valence-electron chi connectivity index (χ0n) is 13.0. The predicted octanol–water partition coefficient (Wildman–Crippen LogP) is 1.56. The van der Waals surface area contributed by atoms with Gasteiger partial charge >= 0.3 is 6.03 Å². The second kappa shape index (κ2) is 4.71. The van der Waals surface area contributed by atoms with Gasteiger partial charge in [-0.15, -0.1) is 0 Å². The lowest BCUT2D eigenvalue weighted by atomic mass is 9.61. The predicted molar refractivity (Wildman–Crippen MR) is 81.9 cm³/mol. The maximum absolute atomic E-state index is 12.8. The van der Waals surface area contributed by atoms with E-state index < -0.39 is 11.6 Å². The van der Waals surface area contributed by atoms with Gasteiger partial charge in [0.1, 0.15) is 5.75 Å². The van der Waals surface area contributed by atoms with E-state index in [1.54, 1.807) is 19.2 Å². The van der Waals surface area contributed by atoms with E-state index in [2.05, 4.69) is 10.6 Å². The molecule has 122 valence electrons. The zero-order chi connectivity index (χ0) is 16.2. The van der Waals surface area contributed by atoms with E-state index in [0.29, 0.717) is 0 Å². The van der Waals surface area contributed by atoms with Crippen molar-refractivity contribution in [2.24, 2.45) is 5.41 Å². The molecule has 3 aliphatic rings. The Kier molecular flexibility index (Phi) is 2.97. The number of urea groups is 1. The fourth-order valence-electron chi connectivity index (χ4n) is 4.80. The van der Waals surface area contributed by atoms with Crippen molar-refractivity contribution in [2.45, 2.75) is 43.7 Å². The van der Waals surface area contributed by atoms with Crippen LogP contribution in [0.5, 0.6) is 5.75 Å². The first-order valence-electron chi connectivity index (χ1n) is 7.99. The van der Waals surface area contributed by atoms with Gasteiger partial charge in [-0.25, -0.2) is 4.79 Å². The molecular formula is C17H20N2O4. The second-order valence-corrected chi connectivity index (χ2v) is 6.89. The molecule has 1 saturated heterocycles. The summed E-state index contributed by atoms with van der Waals surface area (Å²) in [6.45, 7) is 0. The monoisotopic (exact) mass is 316 g/mol. The minimum Gasteiger partial charge on any atom is -0.508 e. The third-order valence-corrected chi connectivity index (χ3v) is 5.91. The van der Waals surface area contributed by atoms with Crippen molar-refractivity contribution in [1.82, 2.24) is 10.6 Å². The number of hydrogen-bond donors (Lipinski definition) is 3. The van der Waals surface area contributed by atoms with E-state index in [-0.39, 0.29) is 23.2 Å². The number of rotatable bonds is 1. The molecule has 1 aliphatic heterocycles. The van der Waals surface area contributed by atoms with Crippen molar-refractivity contribution in [3.63, 3.8) is 0 Å². The zero-order valence-corrected chi connectivity index (χ0v) is 13.0. The summed E-state index contributed by atoms with van der Waals surface area (Å²) in [5.74, 6) is -0.192. The summed E-state index contributed by atoms with van der Waals surface area (Å²) >= 11 is 0. The highest BCUT2D eigenvalue weighted by Crippen LogP contribution is 2.59. The van der Waals surface area contributed by atoms with Crippen LogP contribution in [0.15, 0.2) is 18.2 Å². The van der Waals surface area contributed by atoms with E-state index in [0.717, 1.165) is 43.2 Å². The average Bonchev–Trinajstić information content (AvgIpc) is 2.97. The smallest absolute Gasteiger partial charge is 0.322 e. The summed E-state index contributed by atoms with van der Waals surface area (Å²) in [5, 5.41) is 15.2. The maximum Gasteiger partial charge on any atom is 0.322 e. The Hall–Kier alpha value is -2.08. The van der Waals surface area contributed by atoms with Crippen molar-refractivity contribution < 1.29 is 19.4 Å². The Morgan fingerprint density at radius 3 is 2.61 bits per heavy atom. The van der Waals surface area contributed by atoms with Crippen LogP contribution in [-0.2, 0) is 21.5 Å². The molecule has 6 nitrogen and oxygen atoms in total. The minimum absolute atomic E-state index is 0.111. The van der Waals surface area contributed by atoms with Crippen LogP contribution in [0, 0.1) is 5.41 Å². The summed E-state index contributed by atoms with van der Waals surface area (Å²) < 4.78 is 5.46. The molecule has 0 bridgehead atoms. The molecule has 1 aromatic rings. The van der Waals surface area contributed by atoms with Crippen LogP contribution in [0.25, 0.3) is 0 Å². The Balaban J connectivity index is 1.85. The molecule has 1 heterocycles. The standard InChI is InChI=1S/C17H20N2O4/c1-23-12-4-6-16(7-5-12)9-10-2-3-11(20)8-13(10)17(16)14(21)18-15(22)19-17/h2-3,8,12,20H,4-7,9H2,1H3,(H2,18,19,21,22). The molecule has 1 atom stereocenters. The number of amides is 3. The second-order valence-electron chi connectivity index (χ2n) is 6.89. The average molecular weight is 316 g/mol. The van der Waals surface area contributed by atoms with E-state index >= 15 is 0 Å². The number of fused-ring (bicyclic) bond motifs is 3. The lowest BCUT2D eigenvalue weighted by Crippen LogP contribution is -2.56. The number of carbonyl (C=O) groups is 2. The van der Waals surface area contributed by atoms with E-state index in [9.17, 15) is 14.7 Å². The molecule has 3 N–H and O–H groups in total. The van der Waals surface area contributed by atoms with Gasteiger partial charge < -0.3 is 15.2 Å². The number of carbonyl (C=O) groups excluding carboxylic acids is 2. The van der Waals surface area contributed by atoms with E-state index in [1.165, 1.54) is 0 Å². The highest BCUT2D eigenvalue weighted by atomic mass is 16.5. The molecule has 1 saturated carbocycles. The number of ether oxygens (including phenoxy) is 1. The Labute approximate surface area is 134 Å². The van der Waals surface area contributed by atoms with Crippen LogP contribution >= 0.6 is 0 Å². The van der Waals surface area contributed by atoms with Gasteiger partial charge in [-0.1, -0.05) is 6.07 Å². The number of aromatic hydroxyl groups is 1. The van der Waals surface area contributed by atoms with Gasteiger partial charge in [-0.2, -0.15) is 0 Å². The van der Waals surface area contributed by atoms with Gasteiger partial charge in [0, 0.05) is 12.5 Å². The summed E-state index contributed by atoms with van der Waals surface area (Å²) in [7, 11) is 1.71. The molecule has 2 fully saturated rings. The molecular weight excluding hydrogens is 296 g/mol. The van der Waals surface area contributed by atoms with Gasteiger partial charge in [0.05, 0.1) is 6.10 Å². The Morgan fingerprint density at radius 1 is 1.26 bits per heavy atom. The van der Waals surface area contributed by atoms with Crippen molar-refractivity contribution in [3.8, 4) is 5.75 Å². The Bertz CT molecular complexity index is 694. The van der Waals surface area contributed by atoms with Crippen LogP contribution in [0.1, 0.15) is 36.8 Å². The van der Waals surface area contributed by atoms with Crippen molar-refractivity contribution in [1.29, 1.82) is 0 Å². The highest BCUT2D eigenvalue weighted by Gasteiger charge is 2.66. The Morgan fingerprint density at radius 2 is 2.00 bits per heavy atom. The molecule has 1 aromatic carbocycles. The summed E-state index contributed by atoms with van der Waals surface area (Å²) in [6, 6.07) is 4.67. The number of phenolic OH excluding ortho intramolecular Hbond substituents is 1. The van der Waals surface area contributed by atoms with Crippen LogP contribution in [0.2, 0.25) is 0 Å². The largest absolute Gasteiger partial charge is 0.508 e. The molecule has 4 rings (SSSR count). The molecule has 6 heteroatoms. The van der Waals surface area contributed by atoms with Crippen LogP contribution in [0.3, 0.4) is 0 Å². The first-order chi connectivity index (χ1) is 11.0. The summed E-state index contributed by atoms with van der Waals surface area (Å²) in [5.41, 5.74) is 0.332. The van der Waals surface area contributed by atoms with Crippen LogP contribution in [0.4, 0.5) is 4.79 Å². The number of hydrogen-bond acceptors (Lipinski definition) is 4. The minimum atomic E-state index is -1.07. The quantitative estimate of drug-likeness (QED) is 0.686. The van der Waals surface area contributed by atoms with Crippen LogP contribution in [-0.4, -0.2) is 30.3 Å². The molecule has 23 heavy (non-hydrogen) atoms. The first kappa shape index (κ1) is 14.5. The van der Waals surface area contributed by atoms with Crippen molar-refractivity contribution in [3.05, 3.63) is 29.3 Å². The third kappa shape index (κ3) is 1.78. The number of methoxy groups -OCH3 is 1. The maximum atomic E-state index is 12.8. The van der Waals surface area contributed by atoms with Gasteiger partial charge in [-0.05, 0) is 55.4 Å². The van der Waals surface area contributed by atoms with Gasteiger partial charge in [0.15, 0.2) is 5.54 Å². The molecule has 0 radical (unpaired) electrons. The van der Waals surface area contributed by atoms with Gasteiger partial charge in [0.2, 0.25) is 0 Å². The van der Waals surface area contributed by atoms with Crippen LogP contribution < -0.4 is 10.6 Å². The molecule has 2 aliphatic carbocycles. The fourth-order valence-corrected chi connectivity index (χ4v) is 4.80. The van der Waals surface area contributed by atoms with E-state index in [1.807, 2.05) is 6.07 Å². The van der Waals surface area contributed by atoms with E-state index in [4.69, 9.17) is 4.74 Å². The van der Waals surface area contributed by atoms with Gasteiger partial charge in [-0.3, -0.25) is 10.1 Å². The molecule has 1 unspecified atom stereocenters. The first-order valence-corrected chi connectivity index (χ1v) is 7.99. The number of nitrogens with one attached hydrogen (secondary N) is 2. The van der Waals surface area contributed by atoms with Gasteiger partial charge in [0.25, 0.3) is 5.91 Å². The highest BCUT2D eigenvalue weighted by molar-refractivity contribution is 6.08. The number of phenols is 1. The lowest BCUT2D eigenvalue weighted by molar-refractivity contribution is -0.131. The lowest BCUT2D eigenvalue weighted by Gasteiger charge is -2.46. The molecule has 2 spiro atoms. The fraction of sp³-hybridized carbons (Fsp3) is 0.529. The SMILES string of the molecule is COC1CCC2(CC1)Cc1ccc(O)cc1C21NC(=O)NC1=O. The molecule has 3 amide bonds. The normalized spacial score (nSPS) is 35.4. The number of benzene rings is 1.